The standard InChI is InChI=1S/C15H15BrN2O2/c1-17-11-5-3-10(4-6-11)15(19)18-12-7-8-14(20-2)13(16)9-12/h3-9,17H,1-2H3,(H,18,19). The zero-order valence-electron chi connectivity index (χ0n) is 11.2. The molecule has 20 heavy (non-hydrogen) atoms. The van der Waals surface area contributed by atoms with E-state index in [-0.39, 0.29) is 5.91 Å². The second-order valence-corrected chi connectivity index (χ2v) is 4.99. The van der Waals surface area contributed by atoms with Gasteiger partial charge in [-0.3, -0.25) is 4.79 Å². The Hall–Kier alpha value is -2.01. The maximum absolute atomic E-state index is 12.1. The highest BCUT2D eigenvalue weighted by Gasteiger charge is 2.07. The first-order chi connectivity index (χ1) is 9.63. The predicted molar refractivity (Wildman–Crippen MR) is 84.6 cm³/mol. The summed E-state index contributed by atoms with van der Waals surface area (Å²) < 4.78 is 5.94. The molecule has 0 heterocycles. The maximum Gasteiger partial charge on any atom is 0.255 e. The fourth-order valence-electron chi connectivity index (χ4n) is 1.74. The van der Waals surface area contributed by atoms with Crippen LogP contribution in [0, 0.1) is 0 Å². The molecule has 2 aromatic rings. The topological polar surface area (TPSA) is 50.4 Å². The molecular formula is C15H15BrN2O2. The van der Waals surface area contributed by atoms with Crippen LogP contribution >= 0.6 is 15.9 Å². The molecule has 0 aromatic heterocycles. The molecule has 0 spiro atoms. The largest absolute Gasteiger partial charge is 0.496 e. The summed E-state index contributed by atoms with van der Waals surface area (Å²) in [6.45, 7) is 0. The van der Waals surface area contributed by atoms with Gasteiger partial charge in [-0.25, -0.2) is 0 Å². The number of carbonyl (C=O) groups is 1. The van der Waals surface area contributed by atoms with Crippen molar-refractivity contribution in [2.75, 3.05) is 24.8 Å². The van der Waals surface area contributed by atoms with Crippen molar-refractivity contribution in [3.05, 3.63) is 52.5 Å². The van der Waals surface area contributed by atoms with Gasteiger partial charge < -0.3 is 15.4 Å². The number of amides is 1. The van der Waals surface area contributed by atoms with Gasteiger partial charge in [0.15, 0.2) is 0 Å². The summed E-state index contributed by atoms with van der Waals surface area (Å²) in [4.78, 5) is 12.1. The van der Waals surface area contributed by atoms with Crippen molar-refractivity contribution < 1.29 is 9.53 Å². The van der Waals surface area contributed by atoms with Gasteiger partial charge in [-0.2, -0.15) is 0 Å². The number of nitrogens with one attached hydrogen (secondary N) is 2. The van der Waals surface area contributed by atoms with Gasteiger partial charge in [-0.05, 0) is 58.4 Å². The average Bonchev–Trinajstić information content (AvgIpc) is 2.47. The lowest BCUT2D eigenvalue weighted by atomic mass is 10.2. The molecule has 2 rings (SSSR count). The summed E-state index contributed by atoms with van der Waals surface area (Å²) in [7, 11) is 3.44. The van der Waals surface area contributed by atoms with Crippen LogP contribution in [0.5, 0.6) is 5.75 Å². The number of anilines is 2. The third kappa shape index (κ3) is 3.30. The van der Waals surface area contributed by atoms with Gasteiger partial charge in [0, 0.05) is 24.0 Å². The zero-order valence-corrected chi connectivity index (χ0v) is 12.8. The smallest absolute Gasteiger partial charge is 0.255 e. The molecule has 0 aliphatic heterocycles. The lowest BCUT2D eigenvalue weighted by Gasteiger charge is -2.08. The van der Waals surface area contributed by atoms with E-state index < -0.39 is 0 Å². The minimum absolute atomic E-state index is 0.148. The van der Waals surface area contributed by atoms with Crippen LogP contribution in [-0.2, 0) is 0 Å². The number of methoxy groups -OCH3 is 1. The summed E-state index contributed by atoms with van der Waals surface area (Å²) in [5, 5.41) is 5.85. The van der Waals surface area contributed by atoms with E-state index in [1.807, 2.05) is 19.2 Å². The molecule has 0 radical (unpaired) electrons. The van der Waals surface area contributed by atoms with E-state index in [1.54, 1.807) is 37.4 Å². The van der Waals surface area contributed by atoms with Crippen LogP contribution in [0.15, 0.2) is 46.9 Å². The highest BCUT2D eigenvalue weighted by atomic mass is 79.9. The van der Waals surface area contributed by atoms with E-state index in [9.17, 15) is 4.79 Å². The highest BCUT2D eigenvalue weighted by molar-refractivity contribution is 9.10. The molecule has 0 fully saturated rings. The van der Waals surface area contributed by atoms with Crippen molar-refractivity contribution in [1.82, 2.24) is 0 Å². The summed E-state index contributed by atoms with van der Waals surface area (Å²) >= 11 is 3.39. The SMILES string of the molecule is CNc1ccc(C(=O)Nc2ccc(OC)c(Br)c2)cc1. The van der Waals surface area contributed by atoms with E-state index in [2.05, 4.69) is 26.6 Å². The van der Waals surface area contributed by atoms with Gasteiger partial charge >= 0.3 is 0 Å². The Morgan fingerprint density at radius 3 is 2.30 bits per heavy atom. The molecule has 2 N–H and O–H groups in total. The van der Waals surface area contributed by atoms with E-state index >= 15 is 0 Å². The first kappa shape index (κ1) is 14.4. The second kappa shape index (κ2) is 6.43. The Morgan fingerprint density at radius 2 is 1.75 bits per heavy atom. The Bertz CT molecular complexity index is 612. The fourth-order valence-corrected chi connectivity index (χ4v) is 2.28. The van der Waals surface area contributed by atoms with Gasteiger partial charge in [0.2, 0.25) is 0 Å². The number of ether oxygens (including phenoxy) is 1. The van der Waals surface area contributed by atoms with Crippen LogP contribution in [0.4, 0.5) is 11.4 Å². The van der Waals surface area contributed by atoms with Crippen molar-refractivity contribution in [3.8, 4) is 5.75 Å². The number of hydrogen-bond acceptors (Lipinski definition) is 3. The van der Waals surface area contributed by atoms with Crippen molar-refractivity contribution >= 4 is 33.2 Å². The maximum atomic E-state index is 12.1. The Morgan fingerprint density at radius 1 is 1.10 bits per heavy atom. The van der Waals surface area contributed by atoms with Crippen LogP contribution in [0.25, 0.3) is 0 Å². The van der Waals surface area contributed by atoms with E-state index in [1.165, 1.54) is 0 Å². The van der Waals surface area contributed by atoms with E-state index in [4.69, 9.17) is 4.74 Å². The molecule has 0 aliphatic rings. The predicted octanol–water partition coefficient (Wildman–Crippen LogP) is 3.75. The third-order valence-electron chi connectivity index (χ3n) is 2.85. The van der Waals surface area contributed by atoms with Crippen molar-refractivity contribution in [3.63, 3.8) is 0 Å². The molecule has 4 nitrogen and oxygen atoms in total. The van der Waals surface area contributed by atoms with Crippen LogP contribution in [0.3, 0.4) is 0 Å². The molecule has 104 valence electrons. The summed E-state index contributed by atoms with van der Waals surface area (Å²) in [6, 6.07) is 12.7. The summed E-state index contributed by atoms with van der Waals surface area (Å²) in [5.74, 6) is 0.575. The highest BCUT2D eigenvalue weighted by Crippen LogP contribution is 2.27. The summed E-state index contributed by atoms with van der Waals surface area (Å²) in [5.41, 5.74) is 2.28. The molecule has 1 amide bonds. The Kier molecular flexibility index (Phi) is 4.63. The van der Waals surface area contributed by atoms with E-state index in [0.717, 1.165) is 15.9 Å². The molecule has 5 heteroatoms. The lowest BCUT2D eigenvalue weighted by Crippen LogP contribution is -2.11. The van der Waals surface area contributed by atoms with Gasteiger partial charge in [0.05, 0.1) is 11.6 Å². The monoisotopic (exact) mass is 334 g/mol. The number of halogens is 1. The van der Waals surface area contributed by atoms with Gasteiger partial charge in [0.1, 0.15) is 5.75 Å². The molecule has 0 saturated carbocycles. The summed E-state index contributed by atoms with van der Waals surface area (Å²) in [6.07, 6.45) is 0. The van der Waals surface area contributed by atoms with Gasteiger partial charge in [-0.1, -0.05) is 0 Å². The Labute approximate surface area is 126 Å². The van der Waals surface area contributed by atoms with Crippen molar-refractivity contribution in [2.24, 2.45) is 0 Å². The van der Waals surface area contributed by atoms with Crippen molar-refractivity contribution in [2.45, 2.75) is 0 Å². The van der Waals surface area contributed by atoms with E-state index in [0.29, 0.717) is 11.3 Å². The van der Waals surface area contributed by atoms with Crippen LogP contribution in [0.2, 0.25) is 0 Å². The first-order valence-corrected chi connectivity index (χ1v) is 6.86. The lowest BCUT2D eigenvalue weighted by molar-refractivity contribution is 0.102. The van der Waals surface area contributed by atoms with Crippen LogP contribution < -0.4 is 15.4 Å². The molecule has 0 unspecified atom stereocenters. The molecule has 0 saturated heterocycles. The molecular weight excluding hydrogens is 320 g/mol. The molecule has 0 aliphatic carbocycles. The van der Waals surface area contributed by atoms with Crippen LogP contribution in [-0.4, -0.2) is 20.1 Å². The zero-order chi connectivity index (χ0) is 14.5. The minimum Gasteiger partial charge on any atom is -0.496 e. The third-order valence-corrected chi connectivity index (χ3v) is 3.47. The molecule has 0 atom stereocenters. The van der Waals surface area contributed by atoms with Gasteiger partial charge in [-0.15, -0.1) is 0 Å². The number of carbonyl (C=O) groups excluding carboxylic acids is 1. The number of benzene rings is 2. The molecule has 0 bridgehead atoms. The quantitative estimate of drug-likeness (QED) is 0.895. The number of hydrogen-bond donors (Lipinski definition) is 2. The average molecular weight is 335 g/mol. The minimum atomic E-state index is -0.148. The van der Waals surface area contributed by atoms with Gasteiger partial charge in [0.25, 0.3) is 5.91 Å². The molecule has 2 aromatic carbocycles. The number of rotatable bonds is 4. The fraction of sp³-hybridized carbons (Fsp3) is 0.133. The van der Waals surface area contributed by atoms with Crippen molar-refractivity contribution in [1.29, 1.82) is 0 Å². The second-order valence-electron chi connectivity index (χ2n) is 4.13. The normalized spacial score (nSPS) is 9.95. The Balaban J connectivity index is 2.12. The van der Waals surface area contributed by atoms with Crippen LogP contribution in [0.1, 0.15) is 10.4 Å². The first-order valence-electron chi connectivity index (χ1n) is 6.06.